The number of fused-ring (bicyclic) bond motifs is 1. The van der Waals surface area contributed by atoms with Crippen LogP contribution in [0.5, 0.6) is 0 Å². The number of anilines is 1. The summed E-state index contributed by atoms with van der Waals surface area (Å²) >= 11 is 0. The number of H-pyrrole nitrogens is 1. The Bertz CT molecular complexity index is 1430. The fourth-order valence-electron chi connectivity index (χ4n) is 4.20. The first-order valence-corrected chi connectivity index (χ1v) is 12.9. The van der Waals surface area contributed by atoms with Crippen molar-refractivity contribution in [2.45, 2.75) is 23.8 Å². The van der Waals surface area contributed by atoms with E-state index in [0.29, 0.717) is 30.2 Å². The van der Waals surface area contributed by atoms with Crippen LogP contribution in [-0.4, -0.2) is 54.9 Å². The van der Waals surface area contributed by atoms with Crippen molar-refractivity contribution in [1.29, 1.82) is 0 Å². The summed E-state index contributed by atoms with van der Waals surface area (Å²) in [4.78, 5) is 21.0. The lowest BCUT2D eigenvalue weighted by Crippen LogP contribution is -2.34. The highest BCUT2D eigenvalue weighted by Crippen LogP contribution is 2.28. The molecule has 1 atom stereocenters. The number of carbonyl (C=O) groups excluding carboxylic acids is 1. The highest BCUT2D eigenvalue weighted by atomic mass is 32.2. The van der Waals surface area contributed by atoms with Crippen LogP contribution in [0.4, 0.5) is 5.69 Å². The summed E-state index contributed by atoms with van der Waals surface area (Å²) in [6.45, 7) is 0.977. The van der Waals surface area contributed by atoms with Crippen molar-refractivity contribution in [1.82, 2.24) is 14.3 Å². The van der Waals surface area contributed by atoms with E-state index in [-0.39, 0.29) is 16.9 Å². The van der Waals surface area contributed by atoms with Crippen molar-refractivity contribution in [3.8, 4) is 11.4 Å². The summed E-state index contributed by atoms with van der Waals surface area (Å²) in [6.07, 6.45) is 1.72. The molecule has 0 spiro atoms. The molecule has 0 saturated carbocycles. The van der Waals surface area contributed by atoms with Crippen molar-refractivity contribution in [3.63, 3.8) is 0 Å². The van der Waals surface area contributed by atoms with Crippen molar-refractivity contribution in [3.05, 3.63) is 78.4 Å². The van der Waals surface area contributed by atoms with E-state index in [4.69, 9.17) is 4.74 Å². The monoisotopic (exact) mass is 490 g/mol. The van der Waals surface area contributed by atoms with Gasteiger partial charge in [-0.05, 0) is 61.4 Å². The molecule has 1 saturated heterocycles. The van der Waals surface area contributed by atoms with Crippen molar-refractivity contribution in [2.24, 2.45) is 0 Å². The lowest BCUT2D eigenvalue weighted by Gasteiger charge is -2.20. The number of rotatable bonds is 7. The minimum absolute atomic E-state index is 0.0772. The highest BCUT2D eigenvalue weighted by Gasteiger charge is 2.26. The van der Waals surface area contributed by atoms with Gasteiger partial charge in [0.1, 0.15) is 5.82 Å². The van der Waals surface area contributed by atoms with Crippen LogP contribution >= 0.6 is 0 Å². The van der Waals surface area contributed by atoms with E-state index in [2.05, 4.69) is 15.3 Å². The van der Waals surface area contributed by atoms with Crippen LogP contribution < -0.4 is 5.32 Å². The molecule has 0 bridgehead atoms. The van der Waals surface area contributed by atoms with E-state index in [9.17, 15) is 13.2 Å². The summed E-state index contributed by atoms with van der Waals surface area (Å²) in [7, 11) is -2.13. The number of carbonyl (C=O) groups is 1. The zero-order chi connectivity index (χ0) is 24.4. The number of ether oxygens (including phenoxy) is 1. The van der Waals surface area contributed by atoms with Gasteiger partial charge in [0.2, 0.25) is 10.0 Å². The molecule has 35 heavy (non-hydrogen) atoms. The average Bonchev–Trinajstić information content (AvgIpc) is 3.54. The van der Waals surface area contributed by atoms with E-state index in [1.165, 1.54) is 28.6 Å². The van der Waals surface area contributed by atoms with Gasteiger partial charge in [-0.15, -0.1) is 0 Å². The van der Waals surface area contributed by atoms with E-state index >= 15 is 0 Å². The molecular weight excluding hydrogens is 464 g/mol. The maximum Gasteiger partial charge on any atom is 0.255 e. The molecule has 0 aliphatic carbocycles. The zero-order valence-electron chi connectivity index (χ0n) is 19.3. The Labute approximate surface area is 204 Å². The van der Waals surface area contributed by atoms with Crippen LogP contribution in [0.1, 0.15) is 23.2 Å². The molecule has 9 heteroatoms. The minimum atomic E-state index is -3.67. The maximum atomic E-state index is 13.0. The maximum absolute atomic E-state index is 13.0. The molecule has 2 N–H and O–H groups in total. The number of nitrogens with one attached hydrogen (secondary N) is 2. The second-order valence-corrected chi connectivity index (χ2v) is 10.6. The Morgan fingerprint density at radius 3 is 2.57 bits per heavy atom. The lowest BCUT2D eigenvalue weighted by molar-refractivity contribution is 0.0979. The van der Waals surface area contributed by atoms with Gasteiger partial charge >= 0.3 is 0 Å². The van der Waals surface area contributed by atoms with Crippen LogP contribution in [0.25, 0.3) is 22.4 Å². The Hall–Kier alpha value is -3.53. The average molecular weight is 491 g/mol. The van der Waals surface area contributed by atoms with E-state index in [1.807, 2.05) is 42.5 Å². The van der Waals surface area contributed by atoms with Gasteiger partial charge in [-0.2, -0.15) is 4.31 Å². The summed E-state index contributed by atoms with van der Waals surface area (Å²) in [5.74, 6) is 0.308. The van der Waals surface area contributed by atoms with Crippen LogP contribution in [0, 0.1) is 0 Å². The number of hydrogen-bond donors (Lipinski definition) is 2. The Morgan fingerprint density at radius 2 is 1.83 bits per heavy atom. The molecule has 5 rings (SSSR count). The predicted molar refractivity (Wildman–Crippen MR) is 135 cm³/mol. The number of para-hydroxylation sites is 3. The lowest BCUT2D eigenvalue weighted by atomic mass is 10.1. The summed E-state index contributed by atoms with van der Waals surface area (Å²) < 4.78 is 32.7. The van der Waals surface area contributed by atoms with E-state index in [1.54, 1.807) is 13.1 Å². The number of likely N-dealkylation sites (N-methyl/N-ethyl adjacent to an activating group) is 1. The van der Waals surface area contributed by atoms with Gasteiger partial charge in [-0.1, -0.05) is 24.3 Å². The molecule has 0 radical (unpaired) electrons. The minimum Gasteiger partial charge on any atom is -0.377 e. The van der Waals surface area contributed by atoms with Crippen LogP contribution in [0.15, 0.2) is 77.7 Å². The largest absolute Gasteiger partial charge is 0.377 e. The molecule has 0 unspecified atom stereocenters. The molecule has 3 aromatic carbocycles. The standard InChI is InChI=1S/C26H26N4O4S/c1-30(17-19-7-6-16-34-19)35(32,33)20-14-12-18(13-15-20)26(31)29-22-9-3-2-8-21(22)25-27-23-10-4-5-11-24(23)28-25/h2-5,8-15,19H,6-7,16-17H2,1H3,(H,27,28)(H,29,31)/t19-/m1/s1. The third kappa shape index (κ3) is 4.84. The molecule has 180 valence electrons. The van der Waals surface area contributed by atoms with Gasteiger partial charge in [0, 0.05) is 31.3 Å². The molecule has 4 aromatic rings. The third-order valence-corrected chi connectivity index (χ3v) is 7.97. The first-order chi connectivity index (χ1) is 16.9. The topological polar surface area (TPSA) is 104 Å². The second kappa shape index (κ2) is 9.61. The molecule has 1 aromatic heterocycles. The summed E-state index contributed by atoms with van der Waals surface area (Å²) in [6, 6.07) is 21.1. The van der Waals surface area contributed by atoms with Gasteiger partial charge in [-0.25, -0.2) is 13.4 Å². The van der Waals surface area contributed by atoms with Gasteiger partial charge < -0.3 is 15.0 Å². The second-order valence-electron chi connectivity index (χ2n) is 8.55. The van der Waals surface area contributed by atoms with Crippen molar-refractivity contribution >= 4 is 32.7 Å². The van der Waals surface area contributed by atoms with E-state index in [0.717, 1.165) is 29.4 Å². The number of imidazole rings is 1. The number of sulfonamides is 1. The molecule has 1 aliphatic rings. The van der Waals surface area contributed by atoms with Crippen molar-refractivity contribution < 1.29 is 17.9 Å². The quantitative estimate of drug-likeness (QED) is 0.402. The Balaban J connectivity index is 1.33. The van der Waals surface area contributed by atoms with E-state index < -0.39 is 10.0 Å². The van der Waals surface area contributed by atoms with Crippen LogP contribution in [-0.2, 0) is 14.8 Å². The molecular formula is C26H26N4O4S. The molecule has 1 amide bonds. The predicted octanol–water partition coefficient (Wildman–Crippen LogP) is 4.28. The number of aromatic nitrogens is 2. The number of hydrogen-bond acceptors (Lipinski definition) is 5. The number of aromatic amines is 1. The van der Waals surface area contributed by atoms with Gasteiger partial charge in [0.15, 0.2) is 0 Å². The fourth-order valence-corrected chi connectivity index (χ4v) is 5.41. The third-order valence-electron chi connectivity index (χ3n) is 6.13. The van der Waals surface area contributed by atoms with Gasteiger partial charge in [0.25, 0.3) is 5.91 Å². The molecule has 1 aliphatic heterocycles. The van der Waals surface area contributed by atoms with Crippen LogP contribution in [0.2, 0.25) is 0 Å². The summed E-state index contributed by atoms with van der Waals surface area (Å²) in [5.41, 5.74) is 3.46. The van der Waals surface area contributed by atoms with Gasteiger partial charge in [-0.3, -0.25) is 4.79 Å². The van der Waals surface area contributed by atoms with Crippen LogP contribution in [0.3, 0.4) is 0 Å². The highest BCUT2D eigenvalue weighted by molar-refractivity contribution is 7.89. The smallest absolute Gasteiger partial charge is 0.255 e. The van der Waals surface area contributed by atoms with Gasteiger partial charge in [0.05, 0.1) is 27.7 Å². The molecule has 8 nitrogen and oxygen atoms in total. The number of benzene rings is 3. The summed E-state index contributed by atoms with van der Waals surface area (Å²) in [5, 5.41) is 2.92. The molecule has 2 heterocycles. The Kier molecular flexibility index (Phi) is 6.38. The number of amides is 1. The van der Waals surface area contributed by atoms with Crippen molar-refractivity contribution in [2.75, 3.05) is 25.5 Å². The number of nitrogens with zero attached hydrogens (tertiary/aromatic N) is 2. The molecule has 1 fully saturated rings. The fraction of sp³-hybridized carbons (Fsp3) is 0.231. The zero-order valence-corrected chi connectivity index (χ0v) is 20.1. The first kappa shape index (κ1) is 23.2. The Morgan fingerprint density at radius 1 is 1.09 bits per heavy atom. The SMILES string of the molecule is CN(C[C@H]1CCCO1)S(=O)(=O)c1ccc(C(=O)Nc2ccccc2-c2nc3ccccc3[nH]2)cc1. The first-order valence-electron chi connectivity index (χ1n) is 11.5. The normalized spacial score (nSPS) is 16.1.